The van der Waals surface area contributed by atoms with Gasteiger partial charge < -0.3 is 14.8 Å². The minimum absolute atomic E-state index is 0.0456. The maximum absolute atomic E-state index is 12.6. The average molecular weight is 524 g/mol. The van der Waals surface area contributed by atoms with Gasteiger partial charge in [-0.2, -0.15) is 0 Å². The molecular formula is C31H41NO6. The third-order valence-corrected chi connectivity index (χ3v) is 6.53. The lowest BCUT2D eigenvalue weighted by Crippen LogP contribution is -2.38. The predicted octanol–water partition coefficient (Wildman–Crippen LogP) is 6.04. The number of carbonyl (C=O) groups excluding carboxylic acids is 4. The second kappa shape index (κ2) is 16.4. The Balaban J connectivity index is 1.62. The molecule has 0 saturated carbocycles. The zero-order chi connectivity index (χ0) is 27.9. The molecule has 4 unspecified atom stereocenters. The molecule has 0 aliphatic carbocycles. The normalized spacial score (nSPS) is 14.0. The number of Topliss-reactive ketones (excluding diaryl/α,β-unsaturated/α-hetero) is 2. The Kier molecular flexibility index (Phi) is 13.3. The lowest BCUT2D eigenvalue weighted by Gasteiger charge is -2.19. The maximum Gasteiger partial charge on any atom is 0.408 e. The molecule has 0 bridgehead atoms. The Labute approximate surface area is 226 Å². The van der Waals surface area contributed by atoms with Gasteiger partial charge in [0, 0.05) is 18.8 Å². The number of alkyl carbamates (subject to hydrolysis) is 1. The summed E-state index contributed by atoms with van der Waals surface area (Å²) in [5, 5.41) is 2.59. The number of benzene rings is 2. The molecular weight excluding hydrogens is 482 g/mol. The van der Waals surface area contributed by atoms with Gasteiger partial charge in [-0.25, -0.2) is 4.79 Å². The van der Waals surface area contributed by atoms with Gasteiger partial charge in [0.25, 0.3) is 0 Å². The molecule has 0 heterocycles. The summed E-state index contributed by atoms with van der Waals surface area (Å²) in [6, 6.07) is 18.1. The van der Waals surface area contributed by atoms with Crippen LogP contribution < -0.4 is 5.32 Å². The zero-order valence-corrected chi connectivity index (χ0v) is 23.0. The van der Waals surface area contributed by atoms with Crippen LogP contribution >= 0.6 is 0 Å². The van der Waals surface area contributed by atoms with Gasteiger partial charge in [0.05, 0.1) is 12.5 Å². The number of hydrogen-bond acceptors (Lipinski definition) is 6. The van der Waals surface area contributed by atoms with Crippen LogP contribution in [0, 0.1) is 17.8 Å². The minimum atomic E-state index is -0.632. The Bertz CT molecular complexity index is 1020. The van der Waals surface area contributed by atoms with Crippen LogP contribution in [0.2, 0.25) is 0 Å². The summed E-state index contributed by atoms with van der Waals surface area (Å²) in [4.78, 5) is 49.2. The number of nitrogens with one attached hydrogen (secondary N) is 1. The van der Waals surface area contributed by atoms with Gasteiger partial charge in [-0.15, -0.1) is 0 Å². The van der Waals surface area contributed by atoms with Gasteiger partial charge >= 0.3 is 12.1 Å². The van der Waals surface area contributed by atoms with E-state index in [4.69, 9.17) is 9.47 Å². The van der Waals surface area contributed by atoms with Crippen molar-refractivity contribution in [2.45, 2.75) is 79.1 Å². The predicted molar refractivity (Wildman–Crippen MR) is 146 cm³/mol. The molecule has 2 rings (SSSR count). The highest BCUT2D eigenvalue weighted by Crippen LogP contribution is 2.22. The molecule has 7 heteroatoms. The third-order valence-electron chi connectivity index (χ3n) is 6.53. The second-order valence-electron chi connectivity index (χ2n) is 10.3. The van der Waals surface area contributed by atoms with Crippen molar-refractivity contribution >= 4 is 23.6 Å². The number of hydrogen-bond donors (Lipinski definition) is 1. The van der Waals surface area contributed by atoms with E-state index in [0.29, 0.717) is 19.3 Å². The van der Waals surface area contributed by atoms with E-state index in [1.54, 1.807) is 13.8 Å². The Morgan fingerprint density at radius 3 is 1.84 bits per heavy atom. The Hall–Kier alpha value is -3.48. The molecule has 4 atom stereocenters. The van der Waals surface area contributed by atoms with E-state index < -0.39 is 18.1 Å². The lowest BCUT2D eigenvalue weighted by molar-refractivity contribution is -0.147. The fourth-order valence-corrected chi connectivity index (χ4v) is 4.22. The van der Waals surface area contributed by atoms with Crippen LogP contribution in [0.1, 0.15) is 70.9 Å². The quantitative estimate of drug-likeness (QED) is 0.269. The first kappa shape index (κ1) is 30.7. The molecule has 38 heavy (non-hydrogen) atoms. The van der Waals surface area contributed by atoms with E-state index in [1.807, 2.05) is 67.6 Å². The molecule has 0 radical (unpaired) electrons. The van der Waals surface area contributed by atoms with Crippen molar-refractivity contribution in [3.63, 3.8) is 0 Å². The topological polar surface area (TPSA) is 98.8 Å². The zero-order valence-electron chi connectivity index (χ0n) is 23.0. The SMILES string of the molecule is CC(CCC(=O)C(C)NC(=O)OCc1ccccc1)CC(C)CC(=O)C(C)CC(=O)OCc1ccccc1. The summed E-state index contributed by atoms with van der Waals surface area (Å²) in [6.07, 6.45) is 1.64. The van der Waals surface area contributed by atoms with Crippen LogP contribution in [0.5, 0.6) is 0 Å². The highest BCUT2D eigenvalue weighted by molar-refractivity contribution is 5.87. The van der Waals surface area contributed by atoms with E-state index in [1.165, 1.54) is 0 Å². The number of carbonyl (C=O) groups is 4. The van der Waals surface area contributed by atoms with Gasteiger partial charge in [-0.05, 0) is 42.7 Å². The van der Waals surface area contributed by atoms with E-state index in [-0.39, 0.29) is 49.0 Å². The second-order valence-corrected chi connectivity index (χ2v) is 10.3. The molecule has 0 aliphatic heterocycles. The first-order valence-electron chi connectivity index (χ1n) is 13.4. The number of esters is 1. The molecule has 0 aromatic heterocycles. The van der Waals surface area contributed by atoms with E-state index in [2.05, 4.69) is 12.2 Å². The summed E-state index contributed by atoms with van der Waals surface area (Å²) < 4.78 is 10.5. The fourth-order valence-electron chi connectivity index (χ4n) is 4.22. The summed E-state index contributed by atoms with van der Waals surface area (Å²) >= 11 is 0. The first-order valence-corrected chi connectivity index (χ1v) is 13.4. The molecule has 0 fully saturated rings. The van der Waals surface area contributed by atoms with Gasteiger partial charge in [-0.1, -0.05) is 81.4 Å². The molecule has 7 nitrogen and oxygen atoms in total. The van der Waals surface area contributed by atoms with Crippen molar-refractivity contribution < 1.29 is 28.7 Å². The minimum Gasteiger partial charge on any atom is -0.461 e. The number of ketones is 2. The van der Waals surface area contributed by atoms with E-state index >= 15 is 0 Å². The molecule has 1 amide bonds. The smallest absolute Gasteiger partial charge is 0.408 e. The molecule has 2 aromatic carbocycles. The van der Waals surface area contributed by atoms with Crippen molar-refractivity contribution in [1.29, 1.82) is 0 Å². The monoisotopic (exact) mass is 523 g/mol. The van der Waals surface area contributed by atoms with Gasteiger partial charge in [0.2, 0.25) is 0 Å². The van der Waals surface area contributed by atoms with Crippen LogP contribution in [-0.4, -0.2) is 29.7 Å². The number of ether oxygens (including phenoxy) is 2. The summed E-state index contributed by atoms with van der Waals surface area (Å²) in [5.74, 6) is -0.403. The van der Waals surface area contributed by atoms with Crippen molar-refractivity contribution in [3.05, 3.63) is 71.8 Å². The van der Waals surface area contributed by atoms with Crippen LogP contribution in [0.4, 0.5) is 4.79 Å². The summed E-state index contributed by atoms with van der Waals surface area (Å²) in [5.41, 5.74) is 1.79. The molecule has 1 N–H and O–H groups in total. The lowest BCUT2D eigenvalue weighted by atomic mass is 9.87. The van der Waals surface area contributed by atoms with Crippen molar-refractivity contribution in [1.82, 2.24) is 5.32 Å². The Morgan fingerprint density at radius 2 is 1.26 bits per heavy atom. The summed E-state index contributed by atoms with van der Waals surface area (Å²) in [7, 11) is 0. The molecule has 0 spiro atoms. The average Bonchev–Trinajstić information content (AvgIpc) is 2.90. The van der Waals surface area contributed by atoms with Crippen LogP contribution in [-0.2, 0) is 37.1 Å². The fraction of sp³-hybridized carbons (Fsp3) is 0.484. The molecule has 0 aliphatic rings. The number of rotatable bonds is 16. The first-order chi connectivity index (χ1) is 18.1. The van der Waals surface area contributed by atoms with Crippen molar-refractivity contribution in [3.8, 4) is 0 Å². The van der Waals surface area contributed by atoms with Gasteiger partial charge in [0.15, 0.2) is 5.78 Å². The maximum atomic E-state index is 12.6. The van der Waals surface area contributed by atoms with Crippen molar-refractivity contribution in [2.24, 2.45) is 17.8 Å². The van der Waals surface area contributed by atoms with Gasteiger partial charge in [-0.3, -0.25) is 14.4 Å². The summed E-state index contributed by atoms with van der Waals surface area (Å²) in [6.45, 7) is 7.85. The van der Waals surface area contributed by atoms with Crippen LogP contribution in [0.3, 0.4) is 0 Å². The third kappa shape index (κ3) is 12.2. The highest BCUT2D eigenvalue weighted by atomic mass is 16.5. The standard InChI is InChI=1S/C31H41NO6/c1-22(15-16-28(33)25(4)32-31(36)38-21-27-13-9-6-10-14-27)17-23(2)18-29(34)24(3)19-30(35)37-20-26-11-7-5-8-12-26/h5-14,22-25H,15-21H2,1-4H3,(H,32,36). The Morgan fingerprint density at radius 1 is 0.711 bits per heavy atom. The highest BCUT2D eigenvalue weighted by Gasteiger charge is 2.22. The molecule has 2 aromatic rings. The van der Waals surface area contributed by atoms with Gasteiger partial charge in [0.1, 0.15) is 19.0 Å². The molecule has 0 saturated heterocycles. The van der Waals surface area contributed by atoms with E-state index in [9.17, 15) is 19.2 Å². The van der Waals surface area contributed by atoms with E-state index in [0.717, 1.165) is 17.5 Å². The van der Waals surface area contributed by atoms with Crippen molar-refractivity contribution in [2.75, 3.05) is 0 Å². The molecule has 206 valence electrons. The number of amides is 1. The van der Waals surface area contributed by atoms with Crippen LogP contribution in [0.25, 0.3) is 0 Å². The van der Waals surface area contributed by atoms with Crippen LogP contribution in [0.15, 0.2) is 60.7 Å². The largest absolute Gasteiger partial charge is 0.461 e.